The Kier molecular flexibility index (Phi) is 3.21. The maximum Gasteiger partial charge on any atom is 0.195 e. The lowest BCUT2D eigenvalue weighted by Crippen LogP contribution is -2.16. The molecule has 1 N–H and O–H groups in total. The number of aromatic nitrogens is 4. The number of nitrogens with one attached hydrogen (secondary N) is 1. The van der Waals surface area contributed by atoms with Crippen LogP contribution in [0.5, 0.6) is 0 Å². The lowest BCUT2D eigenvalue weighted by Gasteiger charge is -2.11. The van der Waals surface area contributed by atoms with Crippen LogP contribution in [0.1, 0.15) is 12.8 Å². The van der Waals surface area contributed by atoms with Gasteiger partial charge in [0.05, 0.1) is 12.6 Å². The van der Waals surface area contributed by atoms with Crippen LogP contribution in [0.15, 0.2) is 24.5 Å². The van der Waals surface area contributed by atoms with Crippen LogP contribution in [0.3, 0.4) is 0 Å². The van der Waals surface area contributed by atoms with Gasteiger partial charge in [-0.1, -0.05) is 0 Å². The molecule has 0 aliphatic carbocycles. The van der Waals surface area contributed by atoms with Crippen LogP contribution in [0.25, 0.3) is 11.4 Å². The molecule has 1 aliphatic rings. The standard InChI is InChI=1S/C12H14N4OS/c18-12-15-14-11(9-3-1-5-13-7-9)16(12)8-10-4-2-6-17-10/h1,3,5,7,10H,2,4,6,8H2,(H,15,18)/t10-/m0/s1. The Morgan fingerprint density at radius 2 is 2.50 bits per heavy atom. The fourth-order valence-electron chi connectivity index (χ4n) is 2.19. The average Bonchev–Trinajstić information content (AvgIpc) is 3.03. The molecule has 1 atom stereocenters. The fraction of sp³-hybridized carbons (Fsp3) is 0.417. The second-order valence-electron chi connectivity index (χ2n) is 4.34. The van der Waals surface area contributed by atoms with Crippen LogP contribution in [-0.2, 0) is 11.3 Å². The van der Waals surface area contributed by atoms with Crippen molar-refractivity contribution in [1.29, 1.82) is 0 Å². The number of rotatable bonds is 3. The summed E-state index contributed by atoms with van der Waals surface area (Å²) in [6.07, 6.45) is 5.98. The van der Waals surface area contributed by atoms with Gasteiger partial charge in [-0.2, -0.15) is 5.10 Å². The summed E-state index contributed by atoms with van der Waals surface area (Å²) in [4.78, 5) is 4.11. The Bertz CT molecular complexity index is 571. The van der Waals surface area contributed by atoms with E-state index in [4.69, 9.17) is 17.0 Å². The van der Waals surface area contributed by atoms with Gasteiger partial charge < -0.3 is 4.74 Å². The van der Waals surface area contributed by atoms with Crippen LogP contribution in [0.4, 0.5) is 0 Å². The quantitative estimate of drug-likeness (QED) is 0.861. The van der Waals surface area contributed by atoms with Crippen LogP contribution in [0, 0.1) is 4.77 Å². The molecular formula is C12H14N4OS. The summed E-state index contributed by atoms with van der Waals surface area (Å²) in [5, 5.41) is 7.12. The average molecular weight is 262 g/mol. The minimum atomic E-state index is 0.240. The smallest absolute Gasteiger partial charge is 0.195 e. The third kappa shape index (κ3) is 2.21. The van der Waals surface area contributed by atoms with E-state index in [9.17, 15) is 0 Å². The SMILES string of the molecule is S=c1[nH]nc(-c2cccnc2)n1C[C@@H]1CCCO1. The van der Waals surface area contributed by atoms with E-state index in [1.54, 1.807) is 12.4 Å². The lowest BCUT2D eigenvalue weighted by molar-refractivity contribution is 0.0970. The zero-order chi connectivity index (χ0) is 12.4. The van der Waals surface area contributed by atoms with Crippen molar-refractivity contribution in [1.82, 2.24) is 19.7 Å². The number of H-pyrrole nitrogens is 1. The monoisotopic (exact) mass is 262 g/mol. The second-order valence-corrected chi connectivity index (χ2v) is 4.73. The molecule has 3 heterocycles. The molecule has 5 nitrogen and oxygen atoms in total. The third-order valence-electron chi connectivity index (χ3n) is 3.09. The van der Waals surface area contributed by atoms with Crippen molar-refractivity contribution in [2.24, 2.45) is 0 Å². The molecule has 94 valence electrons. The highest BCUT2D eigenvalue weighted by Crippen LogP contribution is 2.19. The zero-order valence-corrected chi connectivity index (χ0v) is 10.7. The van der Waals surface area contributed by atoms with E-state index in [0.29, 0.717) is 4.77 Å². The summed E-state index contributed by atoms with van der Waals surface area (Å²) < 4.78 is 8.27. The molecule has 0 aromatic carbocycles. The van der Waals surface area contributed by atoms with Gasteiger partial charge in [0.2, 0.25) is 0 Å². The van der Waals surface area contributed by atoms with Gasteiger partial charge in [0.25, 0.3) is 0 Å². The molecule has 0 bridgehead atoms. The number of pyridine rings is 1. The summed E-state index contributed by atoms with van der Waals surface area (Å²) in [7, 11) is 0. The van der Waals surface area contributed by atoms with Crippen LogP contribution < -0.4 is 0 Å². The first-order valence-corrected chi connectivity index (χ1v) is 6.42. The zero-order valence-electron chi connectivity index (χ0n) is 9.87. The first-order valence-electron chi connectivity index (χ1n) is 6.02. The predicted molar refractivity (Wildman–Crippen MR) is 69.6 cm³/mol. The molecule has 2 aromatic heterocycles. The molecule has 1 fully saturated rings. The highest BCUT2D eigenvalue weighted by atomic mass is 32.1. The van der Waals surface area contributed by atoms with Gasteiger partial charge in [0.1, 0.15) is 0 Å². The molecule has 0 spiro atoms. The molecular weight excluding hydrogens is 248 g/mol. The second kappa shape index (κ2) is 4.99. The highest BCUT2D eigenvalue weighted by Gasteiger charge is 2.19. The number of aromatic amines is 1. The summed E-state index contributed by atoms with van der Waals surface area (Å²) in [5.74, 6) is 0.823. The van der Waals surface area contributed by atoms with Gasteiger partial charge in [0.15, 0.2) is 10.6 Å². The van der Waals surface area contributed by atoms with Crippen molar-refractivity contribution in [3.63, 3.8) is 0 Å². The Labute approximate surface area is 110 Å². The molecule has 1 saturated heterocycles. The highest BCUT2D eigenvalue weighted by molar-refractivity contribution is 7.71. The molecule has 2 aromatic rings. The van der Waals surface area contributed by atoms with Crippen molar-refractivity contribution < 1.29 is 4.74 Å². The molecule has 0 radical (unpaired) electrons. The summed E-state index contributed by atoms with van der Waals surface area (Å²) in [5.41, 5.74) is 0.961. The van der Waals surface area contributed by atoms with Crippen LogP contribution in [0.2, 0.25) is 0 Å². The van der Waals surface area contributed by atoms with E-state index >= 15 is 0 Å². The van der Waals surface area contributed by atoms with E-state index in [1.807, 2.05) is 16.7 Å². The normalized spacial score (nSPS) is 19.2. The molecule has 0 saturated carbocycles. The minimum Gasteiger partial charge on any atom is -0.376 e. The Balaban J connectivity index is 1.93. The molecule has 0 amide bonds. The van der Waals surface area contributed by atoms with Gasteiger partial charge in [0, 0.05) is 24.6 Å². The molecule has 6 heteroatoms. The third-order valence-corrected chi connectivity index (χ3v) is 3.40. The van der Waals surface area contributed by atoms with Gasteiger partial charge >= 0.3 is 0 Å². The summed E-state index contributed by atoms with van der Waals surface area (Å²) in [6, 6.07) is 3.87. The largest absolute Gasteiger partial charge is 0.376 e. The minimum absolute atomic E-state index is 0.240. The number of hydrogen-bond acceptors (Lipinski definition) is 4. The van der Waals surface area contributed by atoms with Crippen molar-refractivity contribution in [2.75, 3.05) is 6.61 Å². The Morgan fingerprint density at radius 1 is 1.56 bits per heavy atom. The molecule has 3 rings (SSSR count). The Morgan fingerprint density at radius 3 is 3.22 bits per heavy atom. The van der Waals surface area contributed by atoms with Crippen LogP contribution in [-0.4, -0.2) is 32.5 Å². The van der Waals surface area contributed by atoms with Crippen molar-refractivity contribution >= 4 is 12.2 Å². The molecule has 1 aliphatic heterocycles. The first kappa shape index (κ1) is 11.6. The van der Waals surface area contributed by atoms with Crippen LogP contribution >= 0.6 is 12.2 Å². The maximum absolute atomic E-state index is 5.65. The van der Waals surface area contributed by atoms with E-state index < -0.39 is 0 Å². The van der Waals surface area contributed by atoms with E-state index in [1.165, 1.54) is 0 Å². The van der Waals surface area contributed by atoms with Gasteiger partial charge in [-0.3, -0.25) is 14.6 Å². The number of ether oxygens (including phenoxy) is 1. The predicted octanol–water partition coefficient (Wildman–Crippen LogP) is 2.18. The van der Waals surface area contributed by atoms with E-state index in [-0.39, 0.29) is 6.10 Å². The Hall–Kier alpha value is -1.53. The first-order chi connectivity index (χ1) is 8.84. The molecule has 0 unspecified atom stereocenters. The topological polar surface area (TPSA) is 55.7 Å². The van der Waals surface area contributed by atoms with Crippen molar-refractivity contribution in [3.05, 3.63) is 29.3 Å². The maximum atomic E-state index is 5.65. The van der Waals surface area contributed by atoms with Crippen molar-refractivity contribution in [2.45, 2.75) is 25.5 Å². The van der Waals surface area contributed by atoms with Gasteiger partial charge in [-0.25, -0.2) is 0 Å². The van der Waals surface area contributed by atoms with Gasteiger partial charge in [-0.15, -0.1) is 0 Å². The number of nitrogens with zero attached hydrogens (tertiary/aromatic N) is 3. The number of hydrogen-bond donors (Lipinski definition) is 1. The van der Waals surface area contributed by atoms with E-state index in [0.717, 1.165) is 37.4 Å². The van der Waals surface area contributed by atoms with E-state index in [2.05, 4.69) is 15.2 Å². The summed E-state index contributed by atoms with van der Waals surface area (Å²) >= 11 is 5.28. The molecule has 18 heavy (non-hydrogen) atoms. The van der Waals surface area contributed by atoms with Gasteiger partial charge in [-0.05, 0) is 37.2 Å². The van der Waals surface area contributed by atoms with Crippen molar-refractivity contribution in [3.8, 4) is 11.4 Å². The fourth-order valence-corrected chi connectivity index (χ4v) is 2.40. The summed E-state index contributed by atoms with van der Waals surface area (Å²) in [6.45, 7) is 1.59. The lowest BCUT2D eigenvalue weighted by atomic mass is 10.2.